The number of nitrogens with one attached hydrogen (secondary N) is 1. The van der Waals surface area contributed by atoms with E-state index in [2.05, 4.69) is 16.9 Å². The van der Waals surface area contributed by atoms with Gasteiger partial charge in [0, 0.05) is 6.42 Å². The van der Waals surface area contributed by atoms with Crippen LogP contribution >= 0.6 is 0 Å². The maximum Gasteiger partial charge on any atom is 0.416 e. The monoisotopic (exact) mass is 474 g/mol. The van der Waals surface area contributed by atoms with Crippen molar-refractivity contribution in [3.05, 3.63) is 107 Å². The standard InChI is InChI=1S/C25H22F4N2O3/c1-16(2)34-23(32)31-24(14-17-7-5-4-6-8-17,22-10-9-21(33-3)15-30-22)18-11-19(25(27,28)29)13-20(26)12-18/h4-13,15H,1,14H2,2-3H3,(H,31,32). The molecule has 0 spiro atoms. The summed E-state index contributed by atoms with van der Waals surface area (Å²) in [5, 5.41) is 2.63. The molecule has 9 heteroatoms. The fraction of sp³-hybridized carbons (Fsp3) is 0.200. The zero-order valence-electron chi connectivity index (χ0n) is 18.4. The Morgan fingerprint density at radius 1 is 1.06 bits per heavy atom. The Bertz CT molecular complexity index is 1170. The highest BCUT2D eigenvalue weighted by Crippen LogP contribution is 2.38. The second-order valence-corrected chi connectivity index (χ2v) is 7.59. The van der Waals surface area contributed by atoms with E-state index in [9.17, 15) is 22.4 Å². The van der Waals surface area contributed by atoms with Gasteiger partial charge in [-0.25, -0.2) is 9.18 Å². The Morgan fingerprint density at radius 3 is 2.29 bits per heavy atom. The van der Waals surface area contributed by atoms with Gasteiger partial charge in [-0.05, 0) is 48.4 Å². The molecule has 0 fully saturated rings. The minimum absolute atomic E-state index is 0.0563. The molecule has 0 aliphatic heterocycles. The van der Waals surface area contributed by atoms with Crippen molar-refractivity contribution in [2.24, 2.45) is 0 Å². The highest BCUT2D eigenvalue weighted by molar-refractivity contribution is 5.71. The van der Waals surface area contributed by atoms with Crippen LogP contribution in [0.3, 0.4) is 0 Å². The predicted octanol–water partition coefficient (Wildman–Crippen LogP) is 5.99. The van der Waals surface area contributed by atoms with Gasteiger partial charge in [-0.15, -0.1) is 0 Å². The number of rotatable bonds is 7. The number of carbonyl (C=O) groups is 1. The second-order valence-electron chi connectivity index (χ2n) is 7.59. The summed E-state index contributed by atoms with van der Waals surface area (Å²) in [7, 11) is 1.43. The van der Waals surface area contributed by atoms with E-state index in [-0.39, 0.29) is 23.4 Å². The molecule has 0 saturated carbocycles. The summed E-state index contributed by atoms with van der Waals surface area (Å²) in [4.78, 5) is 17.1. The van der Waals surface area contributed by atoms with Crippen LogP contribution in [0.1, 0.15) is 29.3 Å². The molecule has 3 rings (SSSR count). The number of alkyl halides is 3. The summed E-state index contributed by atoms with van der Waals surface area (Å²) < 4.78 is 65.4. The molecule has 2 aromatic carbocycles. The number of amides is 1. The molecule has 0 radical (unpaired) electrons. The number of methoxy groups -OCH3 is 1. The SMILES string of the molecule is C=C(C)OC(=O)NC(Cc1ccccc1)(c1cc(F)cc(C(F)(F)F)c1)c1ccc(OC)cn1. The Kier molecular flexibility index (Phi) is 7.24. The summed E-state index contributed by atoms with van der Waals surface area (Å²) in [5.74, 6) is -0.674. The Balaban J connectivity index is 2.30. The molecule has 0 aliphatic carbocycles. The van der Waals surface area contributed by atoms with Gasteiger partial charge in [-0.2, -0.15) is 13.2 Å². The van der Waals surface area contributed by atoms with E-state index in [0.717, 1.165) is 12.1 Å². The molecule has 178 valence electrons. The topological polar surface area (TPSA) is 60.5 Å². The van der Waals surface area contributed by atoms with Crippen molar-refractivity contribution in [3.63, 3.8) is 0 Å². The molecule has 34 heavy (non-hydrogen) atoms. The third kappa shape index (κ3) is 5.72. The number of nitrogens with zero attached hydrogens (tertiary/aromatic N) is 1. The highest BCUT2D eigenvalue weighted by Gasteiger charge is 2.41. The molecule has 1 heterocycles. The number of pyridine rings is 1. The molecule has 0 aliphatic rings. The second kappa shape index (κ2) is 9.94. The number of benzene rings is 2. The fourth-order valence-electron chi connectivity index (χ4n) is 3.53. The summed E-state index contributed by atoms with van der Waals surface area (Å²) in [6, 6.07) is 13.8. The van der Waals surface area contributed by atoms with E-state index in [0.29, 0.717) is 17.4 Å². The van der Waals surface area contributed by atoms with Crippen LogP contribution in [0.2, 0.25) is 0 Å². The number of aromatic nitrogens is 1. The van der Waals surface area contributed by atoms with E-state index in [1.165, 1.54) is 32.4 Å². The summed E-state index contributed by atoms with van der Waals surface area (Å²) in [6.07, 6.45) is -4.51. The lowest BCUT2D eigenvalue weighted by molar-refractivity contribution is -0.137. The third-order valence-electron chi connectivity index (χ3n) is 5.02. The lowest BCUT2D eigenvalue weighted by Crippen LogP contribution is -2.49. The first-order chi connectivity index (χ1) is 16.0. The van der Waals surface area contributed by atoms with Crippen molar-refractivity contribution in [3.8, 4) is 5.75 Å². The van der Waals surface area contributed by atoms with Crippen molar-refractivity contribution in [1.29, 1.82) is 0 Å². The lowest BCUT2D eigenvalue weighted by Gasteiger charge is -2.35. The predicted molar refractivity (Wildman–Crippen MR) is 118 cm³/mol. The third-order valence-corrected chi connectivity index (χ3v) is 5.02. The molecule has 1 amide bonds. The molecule has 0 saturated heterocycles. The zero-order valence-corrected chi connectivity index (χ0v) is 18.4. The zero-order chi connectivity index (χ0) is 24.9. The maximum absolute atomic E-state index is 14.5. The Labute approximate surface area is 194 Å². The van der Waals surface area contributed by atoms with E-state index in [1.807, 2.05) is 0 Å². The van der Waals surface area contributed by atoms with Crippen LogP contribution in [0.4, 0.5) is 22.4 Å². The van der Waals surface area contributed by atoms with Gasteiger partial charge < -0.3 is 14.8 Å². The quantitative estimate of drug-likeness (QED) is 0.337. The number of halogens is 4. The van der Waals surface area contributed by atoms with Crippen LogP contribution in [-0.2, 0) is 22.9 Å². The van der Waals surface area contributed by atoms with Crippen molar-refractivity contribution in [2.75, 3.05) is 7.11 Å². The van der Waals surface area contributed by atoms with Crippen LogP contribution in [0, 0.1) is 5.82 Å². The van der Waals surface area contributed by atoms with Crippen LogP contribution in [0.15, 0.2) is 79.2 Å². The van der Waals surface area contributed by atoms with Gasteiger partial charge in [0.15, 0.2) is 0 Å². The summed E-state index contributed by atoms with van der Waals surface area (Å²) in [6.45, 7) is 4.95. The molecule has 3 aromatic rings. The van der Waals surface area contributed by atoms with Crippen LogP contribution in [0.5, 0.6) is 5.75 Å². The van der Waals surface area contributed by atoms with Crippen molar-refractivity contribution >= 4 is 6.09 Å². The van der Waals surface area contributed by atoms with Gasteiger partial charge in [0.2, 0.25) is 0 Å². The normalized spacial score (nSPS) is 13.0. The van der Waals surface area contributed by atoms with Gasteiger partial charge >= 0.3 is 12.3 Å². The molecular formula is C25H22F4N2O3. The maximum atomic E-state index is 14.5. The van der Waals surface area contributed by atoms with E-state index < -0.39 is 29.2 Å². The summed E-state index contributed by atoms with van der Waals surface area (Å²) in [5.41, 5.74) is -2.31. The van der Waals surface area contributed by atoms with Gasteiger partial charge in [0.25, 0.3) is 0 Å². The number of carbonyl (C=O) groups excluding carboxylic acids is 1. The van der Waals surface area contributed by atoms with Gasteiger partial charge in [0.1, 0.15) is 17.1 Å². The van der Waals surface area contributed by atoms with Gasteiger partial charge in [-0.3, -0.25) is 4.98 Å². The molecule has 1 N–H and O–H groups in total. The minimum Gasteiger partial charge on any atom is -0.495 e. The van der Waals surface area contributed by atoms with Crippen LogP contribution in [-0.4, -0.2) is 18.2 Å². The van der Waals surface area contributed by atoms with Crippen LogP contribution in [0.25, 0.3) is 0 Å². The largest absolute Gasteiger partial charge is 0.495 e. The molecule has 1 aromatic heterocycles. The molecule has 0 bridgehead atoms. The fourth-order valence-corrected chi connectivity index (χ4v) is 3.53. The lowest BCUT2D eigenvalue weighted by atomic mass is 9.80. The van der Waals surface area contributed by atoms with E-state index in [1.54, 1.807) is 30.3 Å². The first kappa shape index (κ1) is 24.8. The Morgan fingerprint density at radius 2 is 1.74 bits per heavy atom. The van der Waals surface area contributed by atoms with E-state index >= 15 is 0 Å². The van der Waals surface area contributed by atoms with Gasteiger partial charge in [-0.1, -0.05) is 36.9 Å². The van der Waals surface area contributed by atoms with Crippen molar-refractivity contribution in [1.82, 2.24) is 10.3 Å². The molecular weight excluding hydrogens is 452 g/mol. The summed E-state index contributed by atoms with van der Waals surface area (Å²) >= 11 is 0. The number of ether oxygens (including phenoxy) is 2. The average molecular weight is 474 g/mol. The van der Waals surface area contributed by atoms with Crippen molar-refractivity contribution < 1.29 is 31.8 Å². The number of allylic oxidation sites excluding steroid dienone is 1. The first-order valence-electron chi connectivity index (χ1n) is 10.1. The van der Waals surface area contributed by atoms with E-state index in [4.69, 9.17) is 9.47 Å². The number of alkyl carbamates (subject to hydrolysis) is 1. The average Bonchev–Trinajstić information content (AvgIpc) is 2.78. The first-order valence-corrected chi connectivity index (χ1v) is 10.1. The number of hydrogen-bond donors (Lipinski definition) is 1. The van der Waals surface area contributed by atoms with Gasteiger partial charge in [0.05, 0.1) is 30.3 Å². The molecule has 5 nitrogen and oxygen atoms in total. The number of hydrogen-bond acceptors (Lipinski definition) is 4. The smallest absolute Gasteiger partial charge is 0.416 e. The highest BCUT2D eigenvalue weighted by atomic mass is 19.4. The van der Waals surface area contributed by atoms with Crippen molar-refractivity contribution in [2.45, 2.75) is 25.1 Å². The molecule has 1 unspecified atom stereocenters. The molecule has 1 atom stereocenters. The van der Waals surface area contributed by atoms with Crippen LogP contribution < -0.4 is 10.1 Å². The minimum atomic E-state index is -4.82. The Hall–Kier alpha value is -3.88.